The van der Waals surface area contributed by atoms with Gasteiger partial charge in [0.1, 0.15) is 0 Å². The Morgan fingerprint density at radius 1 is 1.08 bits per heavy atom. The van der Waals surface area contributed by atoms with Crippen LogP contribution < -0.4 is 10.6 Å². The Morgan fingerprint density at radius 3 is 2.79 bits per heavy atom. The summed E-state index contributed by atoms with van der Waals surface area (Å²) in [5.41, 5.74) is 1.49. The Kier molecular flexibility index (Phi) is 5.18. The van der Waals surface area contributed by atoms with Gasteiger partial charge in [0.15, 0.2) is 0 Å². The second-order valence-corrected chi connectivity index (χ2v) is 6.21. The molecule has 0 saturated heterocycles. The summed E-state index contributed by atoms with van der Waals surface area (Å²) in [4.78, 5) is 28.9. The molecule has 24 heavy (non-hydrogen) atoms. The maximum Gasteiger partial charge on any atom is 0.261 e. The van der Waals surface area contributed by atoms with E-state index in [1.807, 2.05) is 41.8 Å². The number of pyridine rings is 1. The zero-order valence-corrected chi connectivity index (χ0v) is 13.8. The van der Waals surface area contributed by atoms with E-state index < -0.39 is 0 Å². The quantitative estimate of drug-likeness (QED) is 0.676. The molecule has 0 unspecified atom stereocenters. The van der Waals surface area contributed by atoms with Crippen molar-refractivity contribution in [1.82, 2.24) is 10.3 Å². The van der Waals surface area contributed by atoms with E-state index in [4.69, 9.17) is 0 Å². The van der Waals surface area contributed by atoms with Crippen LogP contribution in [0.2, 0.25) is 0 Å². The molecule has 3 aromatic rings. The number of hydrogen-bond acceptors (Lipinski definition) is 4. The first kappa shape index (κ1) is 16.1. The molecule has 2 aromatic heterocycles. The maximum absolute atomic E-state index is 12.1. The first-order valence-corrected chi connectivity index (χ1v) is 8.57. The number of hydrogen-bond donors (Lipinski definition) is 2. The van der Waals surface area contributed by atoms with Gasteiger partial charge >= 0.3 is 0 Å². The van der Waals surface area contributed by atoms with Crippen molar-refractivity contribution in [3.63, 3.8) is 0 Å². The van der Waals surface area contributed by atoms with Crippen LogP contribution in [0.3, 0.4) is 0 Å². The molecule has 0 saturated carbocycles. The lowest BCUT2D eigenvalue weighted by atomic mass is 10.2. The van der Waals surface area contributed by atoms with Crippen molar-refractivity contribution < 1.29 is 9.59 Å². The van der Waals surface area contributed by atoms with Gasteiger partial charge in [-0.3, -0.25) is 14.6 Å². The van der Waals surface area contributed by atoms with Crippen LogP contribution in [-0.4, -0.2) is 23.3 Å². The standard InChI is InChI=1S/C18H17N3O2S/c22-16(9-3-11-20-18(23)15-8-4-12-24-15)21-14-7-1-5-13-6-2-10-19-17(13)14/h1-2,4-8,10,12H,3,9,11H2,(H,20,23)(H,21,22). The van der Waals surface area contributed by atoms with Crippen molar-refractivity contribution in [2.24, 2.45) is 0 Å². The monoisotopic (exact) mass is 339 g/mol. The molecular weight excluding hydrogens is 322 g/mol. The fraction of sp³-hybridized carbons (Fsp3) is 0.167. The number of para-hydroxylation sites is 1. The Labute approximate surface area is 143 Å². The molecule has 0 radical (unpaired) electrons. The number of carbonyl (C=O) groups excluding carboxylic acids is 2. The van der Waals surface area contributed by atoms with Crippen LogP contribution in [-0.2, 0) is 4.79 Å². The number of anilines is 1. The molecule has 122 valence electrons. The highest BCUT2D eigenvalue weighted by atomic mass is 32.1. The molecule has 2 amide bonds. The smallest absolute Gasteiger partial charge is 0.261 e. The normalized spacial score (nSPS) is 10.5. The summed E-state index contributed by atoms with van der Waals surface area (Å²) < 4.78 is 0. The second-order valence-electron chi connectivity index (χ2n) is 5.27. The number of amides is 2. The van der Waals surface area contributed by atoms with Crippen LogP contribution in [0.4, 0.5) is 5.69 Å². The van der Waals surface area contributed by atoms with Gasteiger partial charge in [0.05, 0.1) is 16.1 Å². The molecule has 0 aliphatic rings. The molecular formula is C18H17N3O2S. The largest absolute Gasteiger partial charge is 0.351 e. The predicted molar refractivity (Wildman–Crippen MR) is 96.3 cm³/mol. The van der Waals surface area contributed by atoms with Gasteiger partial charge < -0.3 is 10.6 Å². The fourth-order valence-electron chi connectivity index (χ4n) is 2.36. The van der Waals surface area contributed by atoms with Gasteiger partial charge in [-0.15, -0.1) is 11.3 Å². The number of carbonyl (C=O) groups is 2. The Hall–Kier alpha value is -2.73. The summed E-state index contributed by atoms with van der Waals surface area (Å²) in [5, 5.41) is 8.55. The molecule has 0 atom stereocenters. The van der Waals surface area contributed by atoms with E-state index in [0.717, 1.165) is 10.9 Å². The van der Waals surface area contributed by atoms with Crippen molar-refractivity contribution in [2.45, 2.75) is 12.8 Å². The zero-order valence-electron chi connectivity index (χ0n) is 13.0. The number of thiophene rings is 1. The van der Waals surface area contributed by atoms with E-state index >= 15 is 0 Å². The minimum Gasteiger partial charge on any atom is -0.351 e. The predicted octanol–water partition coefficient (Wildman–Crippen LogP) is 3.45. The summed E-state index contributed by atoms with van der Waals surface area (Å²) in [6.07, 6.45) is 2.63. The van der Waals surface area contributed by atoms with Gasteiger partial charge in [0.25, 0.3) is 5.91 Å². The number of rotatable bonds is 6. The van der Waals surface area contributed by atoms with Crippen molar-refractivity contribution >= 4 is 39.7 Å². The van der Waals surface area contributed by atoms with Crippen LogP contribution in [0.15, 0.2) is 54.0 Å². The van der Waals surface area contributed by atoms with E-state index in [0.29, 0.717) is 30.0 Å². The number of nitrogens with one attached hydrogen (secondary N) is 2. The van der Waals surface area contributed by atoms with Crippen LogP contribution in [0.1, 0.15) is 22.5 Å². The summed E-state index contributed by atoms with van der Waals surface area (Å²) >= 11 is 1.40. The van der Waals surface area contributed by atoms with Crippen molar-refractivity contribution in [1.29, 1.82) is 0 Å². The van der Waals surface area contributed by atoms with E-state index in [2.05, 4.69) is 15.6 Å². The number of nitrogens with zero attached hydrogens (tertiary/aromatic N) is 1. The topological polar surface area (TPSA) is 71.1 Å². The molecule has 6 heteroatoms. The molecule has 1 aromatic carbocycles. The third kappa shape index (κ3) is 3.97. The van der Waals surface area contributed by atoms with Crippen LogP contribution in [0.25, 0.3) is 10.9 Å². The Balaban J connectivity index is 1.48. The first-order valence-electron chi connectivity index (χ1n) is 7.69. The van der Waals surface area contributed by atoms with Crippen LogP contribution in [0, 0.1) is 0 Å². The van der Waals surface area contributed by atoms with Crippen molar-refractivity contribution in [3.05, 3.63) is 58.9 Å². The highest BCUT2D eigenvalue weighted by molar-refractivity contribution is 7.12. The van der Waals surface area contributed by atoms with Crippen LogP contribution in [0.5, 0.6) is 0 Å². The molecule has 0 spiro atoms. The summed E-state index contributed by atoms with van der Waals surface area (Å²) in [6.45, 7) is 0.470. The molecule has 0 aliphatic carbocycles. The van der Waals surface area contributed by atoms with Gasteiger partial charge in [-0.2, -0.15) is 0 Å². The Morgan fingerprint density at radius 2 is 1.96 bits per heavy atom. The van der Waals surface area contributed by atoms with Crippen LogP contribution >= 0.6 is 11.3 Å². The van der Waals surface area contributed by atoms with Gasteiger partial charge in [0.2, 0.25) is 5.91 Å². The van der Waals surface area contributed by atoms with E-state index in [1.165, 1.54) is 11.3 Å². The molecule has 5 nitrogen and oxygen atoms in total. The van der Waals surface area contributed by atoms with Gasteiger partial charge in [0, 0.05) is 24.5 Å². The lowest BCUT2D eigenvalue weighted by Crippen LogP contribution is -2.24. The molecule has 2 heterocycles. The van der Waals surface area contributed by atoms with Gasteiger partial charge in [-0.1, -0.05) is 24.3 Å². The Bertz CT molecular complexity index is 841. The lowest BCUT2D eigenvalue weighted by Gasteiger charge is -2.08. The minimum atomic E-state index is -0.0938. The van der Waals surface area contributed by atoms with Gasteiger partial charge in [-0.05, 0) is 30.0 Å². The van der Waals surface area contributed by atoms with Crippen molar-refractivity contribution in [2.75, 3.05) is 11.9 Å². The summed E-state index contributed by atoms with van der Waals surface area (Å²) in [6, 6.07) is 13.1. The fourth-order valence-corrected chi connectivity index (χ4v) is 3.00. The van der Waals surface area contributed by atoms with E-state index in [9.17, 15) is 9.59 Å². The van der Waals surface area contributed by atoms with E-state index in [-0.39, 0.29) is 11.8 Å². The average molecular weight is 339 g/mol. The highest BCUT2D eigenvalue weighted by Gasteiger charge is 2.08. The third-order valence-corrected chi connectivity index (χ3v) is 4.39. The summed E-state index contributed by atoms with van der Waals surface area (Å²) in [5.74, 6) is -0.179. The SMILES string of the molecule is O=C(CCCNC(=O)c1cccs1)Nc1cccc2cccnc12. The number of aromatic nitrogens is 1. The molecule has 0 aliphatic heterocycles. The second kappa shape index (κ2) is 7.70. The molecule has 3 rings (SSSR count). The summed E-state index contributed by atoms with van der Waals surface area (Å²) in [7, 11) is 0. The molecule has 0 bridgehead atoms. The highest BCUT2D eigenvalue weighted by Crippen LogP contribution is 2.20. The maximum atomic E-state index is 12.1. The van der Waals surface area contributed by atoms with Gasteiger partial charge in [-0.25, -0.2) is 0 Å². The zero-order chi connectivity index (χ0) is 16.8. The third-order valence-electron chi connectivity index (χ3n) is 3.52. The van der Waals surface area contributed by atoms with E-state index in [1.54, 1.807) is 12.3 Å². The molecule has 2 N–H and O–H groups in total. The molecule has 0 fully saturated rings. The number of benzene rings is 1. The average Bonchev–Trinajstić information content (AvgIpc) is 3.14. The lowest BCUT2D eigenvalue weighted by molar-refractivity contribution is -0.116. The first-order chi connectivity index (χ1) is 11.7. The van der Waals surface area contributed by atoms with Crippen molar-refractivity contribution in [3.8, 4) is 0 Å². The minimum absolute atomic E-state index is 0.0847. The number of fused-ring (bicyclic) bond motifs is 1.